The summed E-state index contributed by atoms with van der Waals surface area (Å²) in [6.45, 7) is 0. The maximum atomic E-state index is 13.1. The van der Waals surface area contributed by atoms with E-state index in [0.717, 1.165) is 6.20 Å². The first kappa shape index (κ1) is 17.6. The lowest BCUT2D eigenvalue weighted by molar-refractivity contribution is -0.141. The minimum atomic E-state index is -4.63. The number of hydrogen-bond acceptors (Lipinski definition) is 6. The summed E-state index contributed by atoms with van der Waals surface area (Å²) in [6, 6.07) is 3.13. The zero-order valence-electron chi connectivity index (χ0n) is 13.3. The number of anilines is 1. The van der Waals surface area contributed by atoms with Gasteiger partial charge in [-0.3, -0.25) is 0 Å². The molecule has 0 aliphatic rings. The quantitative estimate of drug-likeness (QED) is 0.899. The first-order valence-electron chi connectivity index (χ1n) is 6.77. The first-order valence-corrected chi connectivity index (χ1v) is 6.77. The Morgan fingerprint density at radius 2 is 1.62 bits per heavy atom. The summed E-state index contributed by atoms with van der Waals surface area (Å²) < 4.78 is 55.0. The van der Waals surface area contributed by atoms with Crippen molar-refractivity contribution in [2.45, 2.75) is 12.6 Å². The van der Waals surface area contributed by atoms with Crippen LogP contribution in [0.5, 0.6) is 17.2 Å². The van der Waals surface area contributed by atoms with Gasteiger partial charge in [-0.05, 0) is 17.7 Å². The zero-order chi connectivity index (χ0) is 17.9. The van der Waals surface area contributed by atoms with Crippen molar-refractivity contribution in [1.29, 1.82) is 0 Å². The number of nitrogens with two attached hydrogens (primary N) is 1. The highest BCUT2D eigenvalue weighted by atomic mass is 19.4. The van der Waals surface area contributed by atoms with Gasteiger partial charge in [-0.1, -0.05) is 0 Å². The third-order valence-electron chi connectivity index (χ3n) is 3.27. The Hall–Kier alpha value is -2.71. The van der Waals surface area contributed by atoms with E-state index in [-0.39, 0.29) is 12.0 Å². The highest BCUT2D eigenvalue weighted by Crippen LogP contribution is 2.39. The second kappa shape index (κ2) is 6.81. The maximum absolute atomic E-state index is 13.1. The Morgan fingerprint density at radius 1 is 1.04 bits per heavy atom. The molecular formula is C15H16F3N3O3. The zero-order valence-corrected chi connectivity index (χ0v) is 13.3. The summed E-state index contributed by atoms with van der Waals surface area (Å²) in [5.41, 5.74) is 4.61. The second-order valence-electron chi connectivity index (χ2n) is 4.81. The molecule has 9 heteroatoms. The normalized spacial score (nSPS) is 11.2. The van der Waals surface area contributed by atoms with Gasteiger partial charge in [0.05, 0.1) is 21.3 Å². The standard InChI is InChI=1S/C15H16F3N3O3/c1-22-10-5-8(6-11(23-2)12(10)24-3)4-9-7-20-14(19)21-13(9)15(16,17)18/h5-7H,4H2,1-3H3,(H2,19,20,21). The van der Waals surface area contributed by atoms with Crippen molar-refractivity contribution in [2.24, 2.45) is 0 Å². The van der Waals surface area contributed by atoms with Crippen molar-refractivity contribution in [1.82, 2.24) is 9.97 Å². The van der Waals surface area contributed by atoms with Crippen LogP contribution in [-0.2, 0) is 12.6 Å². The Kier molecular flexibility index (Phi) is 5.01. The lowest BCUT2D eigenvalue weighted by Crippen LogP contribution is -2.15. The predicted octanol–water partition coefficient (Wildman–Crippen LogP) is 2.69. The van der Waals surface area contributed by atoms with Crippen molar-refractivity contribution in [3.63, 3.8) is 0 Å². The molecule has 0 saturated carbocycles. The Morgan fingerprint density at radius 3 is 2.08 bits per heavy atom. The van der Waals surface area contributed by atoms with E-state index in [1.807, 2.05) is 0 Å². The molecule has 24 heavy (non-hydrogen) atoms. The number of halogens is 3. The third kappa shape index (κ3) is 3.61. The first-order chi connectivity index (χ1) is 11.3. The van der Waals surface area contributed by atoms with E-state index in [1.54, 1.807) is 12.1 Å². The van der Waals surface area contributed by atoms with E-state index < -0.39 is 17.8 Å². The largest absolute Gasteiger partial charge is 0.493 e. The molecule has 1 aromatic heterocycles. The summed E-state index contributed by atoms with van der Waals surface area (Å²) in [7, 11) is 4.29. The number of benzene rings is 1. The van der Waals surface area contributed by atoms with Crippen molar-refractivity contribution in [2.75, 3.05) is 27.1 Å². The van der Waals surface area contributed by atoms with Crippen molar-refractivity contribution in [3.8, 4) is 17.2 Å². The number of nitrogen functional groups attached to an aromatic ring is 1. The van der Waals surface area contributed by atoms with Crippen LogP contribution in [0.4, 0.5) is 19.1 Å². The fourth-order valence-electron chi connectivity index (χ4n) is 2.25. The fourth-order valence-corrected chi connectivity index (χ4v) is 2.25. The fraction of sp³-hybridized carbons (Fsp3) is 0.333. The molecule has 1 aromatic carbocycles. The van der Waals surface area contributed by atoms with E-state index in [0.29, 0.717) is 22.8 Å². The van der Waals surface area contributed by atoms with Gasteiger partial charge in [0.2, 0.25) is 11.7 Å². The van der Waals surface area contributed by atoms with E-state index in [2.05, 4.69) is 9.97 Å². The van der Waals surface area contributed by atoms with Gasteiger partial charge in [-0.25, -0.2) is 9.97 Å². The molecule has 0 aliphatic heterocycles. The van der Waals surface area contributed by atoms with Crippen LogP contribution in [0, 0.1) is 0 Å². The Balaban J connectivity index is 2.49. The molecule has 0 bridgehead atoms. The summed E-state index contributed by atoms with van der Waals surface area (Å²) in [6.07, 6.45) is -3.65. The van der Waals surface area contributed by atoms with Crippen molar-refractivity contribution in [3.05, 3.63) is 35.2 Å². The van der Waals surface area contributed by atoms with E-state index in [1.165, 1.54) is 21.3 Å². The third-order valence-corrected chi connectivity index (χ3v) is 3.27. The number of methoxy groups -OCH3 is 3. The van der Waals surface area contributed by atoms with Crippen LogP contribution in [0.3, 0.4) is 0 Å². The molecule has 0 saturated heterocycles. The SMILES string of the molecule is COc1cc(Cc2cnc(N)nc2C(F)(F)F)cc(OC)c1OC. The van der Waals surface area contributed by atoms with Gasteiger partial charge in [-0.2, -0.15) is 13.2 Å². The second-order valence-corrected chi connectivity index (χ2v) is 4.81. The number of nitrogens with zero attached hydrogens (tertiary/aromatic N) is 2. The van der Waals surface area contributed by atoms with E-state index in [4.69, 9.17) is 19.9 Å². The molecule has 0 unspecified atom stereocenters. The van der Waals surface area contributed by atoms with Gasteiger partial charge < -0.3 is 19.9 Å². The summed E-state index contributed by atoms with van der Waals surface area (Å²) in [4.78, 5) is 6.96. The monoisotopic (exact) mass is 343 g/mol. The molecule has 130 valence electrons. The molecule has 1 heterocycles. The molecule has 2 aromatic rings. The van der Waals surface area contributed by atoms with Crippen LogP contribution in [-0.4, -0.2) is 31.3 Å². The Labute approximate surface area is 136 Å². The highest BCUT2D eigenvalue weighted by Gasteiger charge is 2.36. The van der Waals surface area contributed by atoms with Crippen LogP contribution in [0.25, 0.3) is 0 Å². The highest BCUT2D eigenvalue weighted by molar-refractivity contribution is 5.54. The average molecular weight is 343 g/mol. The summed E-state index contributed by atoms with van der Waals surface area (Å²) in [5, 5.41) is 0. The topological polar surface area (TPSA) is 79.5 Å². The van der Waals surface area contributed by atoms with Crippen LogP contribution >= 0.6 is 0 Å². The molecule has 6 nitrogen and oxygen atoms in total. The molecule has 0 amide bonds. The van der Waals surface area contributed by atoms with E-state index in [9.17, 15) is 13.2 Å². The molecule has 0 fully saturated rings. The van der Waals surface area contributed by atoms with Gasteiger partial charge in [0.1, 0.15) is 0 Å². The van der Waals surface area contributed by atoms with Gasteiger partial charge in [0.15, 0.2) is 17.2 Å². The average Bonchev–Trinajstić information content (AvgIpc) is 2.54. The van der Waals surface area contributed by atoms with Gasteiger partial charge in [-0.15, -0.1) is 0 Å². The summed E-state index contributed by atoms with van der Waals surface area (Å²) in [5.74, 6) is 0.609. The minimum Gasteiger partial charge on any atom is -0.493 e. The number of rotatable bonds is 5. The van der Waals surface area contributed by atoms with Gasteiger partial charge in [0, 0.05) is 18.2 Å². The lowest BCUT2D eigenvalue weighted by atomic mass is 10.0. The van der Waals surface area contributed by atoms with Gasteiger partial charge in [0.25, 0.3) is 0 Å². The van der Waals surface area contributed by atoms with Crippen LogP contribution in [0.1, 0.15) is 16.8 Å². The molecule has 0 radical (unpaired) electrons. The predicted molar refractivity (Wildman–Crippen MR) is 80.4 cm³/mol. The van der Waals surface area contributed by atoms with E-state index >= 15 is 0 Å². The molecule has 0 spiro atoms. The Bertz CT molecular complexity index is 711. The molecule has 2 N–H and O–H groups in total. The molecule has 0 aliphatic carbocycles. The summed E-state index contributed by atoms with van der Waals surface area (Å²) >= 11 is 0. The molecular weight excluding hydrogens is 327 g/mol. The van der Waals surface area contributed by atoms with Crippen LogP contribution < -0.4 is 19.9 Å². The lowest BCUT2D eigenvalue weighted by Gasteiger charge is -2.15. The van der Waals surface area contributed by atoms with Gasteiger partial charge >= 0.3 is 6.18 Å². The molecule has 2 rings (SSSR count). The smallest absolute Gasteiger partial charge is 0.433 e. The number of ether oxygens (including phenoxy) is 3. The maximum Gasteiger partial charge on any atom is 0.433 e. The number of aromatic nitrogens is 2. The van der Waals surface area contributed by atoms with Crippen LogP contribution in [0.2, 0.25) is 0 Å². The number of alkyl halides is 3. The minimum absolute atomic E-state index is 0.0775. The van der Waals surface area contributed by atoms with Crippen LogP contribution in [0.15, 0.2) is 18.3 Å². The number of hydrogen-bond donors (Lipinski definition) is 1. The molecule has 0 atom stereocenters. The van der Waals surface area contributed by atoms with Crippen molar-refractivity contribution < 1.29 is 27.4 Å². The van der Waals surface area contributed by atoms with Crippen molar-refractivity contribution >= 4 is 5.95 Å².